The number of hydrogen-bond acceptors (Lipinski definition) is 4. The van der Waals surface area contributed by atoms with Crippen LogP contribution >= 0.6 is 0 Å². The Bertz CT molecular complexity index is 895. The molecular weight excluding hydrogens is 342 g/mol. The molecule has 0 spiro atoms. The first-order valence-corrected chi connectivity index (χ1v) is 10.2. The Kier molecular flexibility index (Phi) is 4.28. The number of aromatic amines is 1. The number of nitrogens with one attached hydrogen (secondary N) is 2. The van der Waals surface area contributed by atoms with Crippen molar-refractivity contribution in [3.05, 3.63) is 34.7 Å². The standard InChI is InChI=1S/C20H27N5O2/c26-19(14-5-6-18-21-9-12-24(18)13-14)23-10-7-15(8-11-23)25-17-4-2-1-3-16(17)22-20(25)27/h1-4,14-15,18,21H,5-13H2,(H,22,27). The van der Waals surface area contributed by atoms with Gasteiger partial charge in [0.15, 0.2) is 0 Å². The van der Waals surface area contributed by atoms with Gasteiger partial charge in [0.2, 0.25) is 5.91 Å². The molecule has 1 aromatic carbocycles. The monoisotopic (exact) mass is 369 g/mol. The van der Waals surface area contributed by atoms with Crippen LogP contribution in [-0.4, -0.2) is 64.1 Å². The fraction of sp³-hybridized carbons (Fsp3) is 0.600. The van der Waals surface area contributed by atoms with Gasteiger partial charge in [-0.25, -0.2) is 4.79 Å². The summed E-state index contributed by atoms with van der Waals surface area (Å²) in [5, 5.41) is 3.50. The number of imidazole rings is 1. The van der Waals surface area contributed by atoms with Gasteiger partial charge in [0, 0.05) is 38.8 Å². The predicted molar refractivity (Wildman–Crippen MR) is 103 cm³/mol. The molecule has 144 valence electrons. The molecule has 7 nitrogen and oxygen atoms in total. The number of benzene rings is 1. The molecule has 2 aromatic rings. The van der Waals surface area contributed by atoms with Gasteiger partial charge >= 0.3 is 5.69 Å². The van der Waals surface area contributed by atoms with Crippen LogP contribution < -0.4 is 11.0 Å². The molecule has 3 aliphatic rings. The summed E-state index contributed by atoms with van der Waals surface area (Å²) < 4.78 is 1.89. The average molecular weight is 369 g/mol. The van der Waals surface area contributed by atoms with Crippen LogP contribution in [-0.2, 0) is 4.79 Å². The minimum atomic E-state index is -0.0409. The number of fused-ring (bicyclic) bond motifs is 2. The van der Waals surface area contributed by atoms with Gasteiger partial charge in [-0.2, -0.15) is 0 Å². The highest BCUT2D eigenvalue weighted by Gasteiger charge is 2.37. The molecule has 0 aliphatic carbocycles. The smallest absolute Gasteiger partial charge is 0.326 e. The number of likely N-dealkylation sites (tertiary alicyclic amines) is 1. The molecular formula is C20H27N5O2. The molecule has 27 heavy (non-hydrogen) atoms. The van der Waals surface area contributed by atoms with Crippen LogP contribution in [0.2, 0.25) is 0 Å². The van der Waals surface area contributed by atoms with E-state index in [1.807, 2.05) is 33.7 Å². The van der Waals surface area contributed by atoms with Crippen LogP contribution in [0.3, 0.4) is 0 Å². The summed E-state index contributed by atoms with van der Waals surface area (Å²) in [6.07, 6.45) is 4.21. The van der Waals surface area contributed by atoms with E-state index >= 15 is 0 Å². The van der Waals surface area contributed by atoms with Crippen molar-refractivity contribution < 1.29 is 4.79 Å². The number of hydrogen-bond donors (Lipinski definition) is 2. The van der Waals surface area contributed by atoms with Gasteiger partial charge in [-0.3, -0.25) is 14.3 Å². The fourth-order valence-electron chi connectivity index (χ4n) is 5.14. The molecule has 1 amide bonds. The number of H-pyrrole nitrogens is 1. The van der Waals surface area contributed by atoms with Crippen molar-refractivity contribution in [3.63, 3.8) is 0 Å². The molecule has 7 heteroatoms. The zero-order chi connectivity index (χ0) is 18.4. The minimum absolute atomic E-state index is 0.0409. The second-order valence-electron chi connectivity index (χ2n) is 8.11. The Morgan fingerprint density at radius 3 is 2.70 bits per heavy atom. The quantitative estimate of drug-likeness (QED) is 0.833. The summed E-state index contributed by atoms with van der Waals surface area (Å²) in [5.41, 5.74) is 1.81. The molecule has 2 N–H and O–H groups in total. The minimum Gasteiger partial charge on any atom is -0.342 e. The van der Waals surface area contributed by atoms with Crippen molar-refractivity contribution in [1.82, 2.24) is 24.7 Å². The third kappa shape index (κ3) is 2.99. The zero-order valence-electron chi connectivity index (χ0n) is 15.6. The molecule has 5 rings (SSSR count). The second-order valence-corrected chi connectivity index (χ2v) is 8.11. The lowest BCUT2D eigenvalue weighted by atomic mass is 9.94. The number of amides is 1. The Hall–Kier alpha value is -2.12. The fourth-order valence-corrected chi connectivity index (χ4v) is 5.14. The molecule has 0 bridgehead atoms. The first-order valence-electron chi connectivity index (χ1n) is 10.2. The summed E-state index contributed by atoms with van der Waals surface area (Å²) >= 11 is 0. The van der Waals surface area contributed by atoms with Gasteiger partial charge in [0.25, 0.3) is 0 Å². The highest BCUT2D eigenvalue weighted by Crippen LogP contribution is 2.28. The number of aromatic nitrogens is 2. The molecule has 2 unspecified atom stereocenters. The van der Waals surface area contributed by atoms with E-state index in [9.17, 15) is 9.59 Å². The van der Waals surface area contributed by atoms with Crippen molar-refractivity contribution >= 4 is 16.9 Å². The first-order chi connectivity index (χ1) is 13.2. The van der Waals surface area contributed by atoms with Crippen molar-refractivity contribution in [2.75, 3.05) is 32.7 Å². The number of para-hydroxylation sites is 2. The van der Waals surface area contributed by atoms with E-state index in [1.165, 1.54) is 0 Å². The molecule has 1 aromatic heterocycles. The highest BCUT2D eigenvalue weighted by atomic mass is 16.2. The molecule has 3 saturated heterocycles. The maximum absolute atomic E-state index is 13.0. The molecule has 3 aliphatic heterocycles. The SMILES string of the molecule is O=C(C1CCC2NCCN2C1)N1CCC(n2c(=O)[nH]c3ccccc32)CC1. The highest BCUT2D eigenvalue weighted by molar-refractivity contribution is 5.79. The van der Waals surface area contributed by atoms with Crippen LogP contribution in [0.4, 0.5) is 0 Å². The van der Waals surface area contributed by atoms with E-state index in [1.54, 1.807) is 0 Å². The predicted octanol–water partition coefficient (Wildman–Crippen LogP) is 1.13. The summed E-state index contributed by atoms with van der Waals surface area (Å²) in [4.78, 5) is 32.8. The molecule has 2 atom stereocenters. The van der Waals surface area contributed by atoms with Crippen molar-refractivity contribution in [3.8, 4) is 0 Å². The third-order valence-corrected chi connectivity index (χ3v) is 6.58. The average Bonchev–Trinajstić information content (AvgIpc) is 3.30. The van der Waals surface area contributed by atoms with Gasteiger partial charge in [0.1, 0.15) is 0 Å². The number of rotatable bonds is 2. The Morgan fingerprint density at radius 1 is 1.04 bits per heavy atom. The molecule has 0 saturated carbocycles. The molecule has 0 radical (unpaired) electrons. The lowest BCUT2D eigenvalue weighted by Crippen LogP contribution is -2.50. The second kappa shape index (κ2) is 6.80. The Labute approximate surface area is 158 Å². The normalized spacial score (nSPS) is 27.2. The van der Waals surface area contributed by atoms with Gasteiger partial charge in [-0.1, -0.05) is 12.1 Å². The van der Waals surface area contributed by atoms with Crippen LogP contribution in [0.5, 0.6) is 0 Å². The third-order valence-electron chi connectivity index (χ3n) is 6.58. The van der Waals surface area contributed by atoms with Gasteiger partial charge in [-0.15, -0.1) is 0 Å². The largest absolute Gasteiger partial charge is 0.342 e. The number of carbonyl (C=O) groups excluding carboxylic acids is 1. The van der Waals surface area contributed by atoms with Crippen LogP contribution in [0, 0.1) is 5.92 Å². The van der Waals surface area contributed by atoms with E-state index in [0.29, 0.717) is 12.1 Å². The zero-order valence-corrected chi connectivity index (χ0v) is 15.6. The van der Waals surface area contributed by atoms with E-state index in [0.717, 1.165) is 69.4 Å². The topological polar surface area (TPSA) is 73.4 Å². The summed E-state index contributed by atoms with van der Waals surface area (Å²) in [5.74, 6) is 0.443. The van der Waals surface area contributed by atoms with Gasteiger partial charge in [0.05, 0.1) is 23.1 Å². The van der Waals surface area contributed by atoms with E-state index < -0.39 is 0 Å². The van der Waals surface area contributed by atoms with E-state index in [2.05, 4.69) is 15.2 Å². The molecule has 4 heterocycles. The van der Waals surface area contributed by atoms with Crippen LogP contribution in [0.1, 0.15) is 31.7 Å². The van der Waals surface area contributed by atoms with E-state index in [-0.39, 0.29) is 17.6 Å². The van der Waals surface area contributed by atoms with Crippen LogP contribution in [0.15, 0.2) is 29.1 Å². The van der Waals surface area contributed by atoms with Crippen LogP contribution in [0.25, 0.3) is 11.0 Å². The summed E-state index contributed by atoms with van der Waals surface area (Å²) in [6.45, 7) is 4.47. The lowest BCUT2D eigenvalue weighted by molar-refractivity contribution is -0.139. The van der Waals surface area contributed by atoms with Crippen molar-refractivity contribution in [2.45, 2.75) is 37.9 Å². The summed E-state index contributed by atoms with van der Waals surface area (Å²) in [6, 6.07) is 8.00. The Balaban J connectivity index is 1.25. The number of piperidine rings is 2. The maximum atomic E-state index is 13.0. The van der Waals surface area contributed by atoms with Crippen molar-refractivity contribution in [1.29, 1.82) is 0 Å². The van der Waals surface area contributed by atoms with Crippen molar-refractivity contribution in [2.24, 2.45) is 5.92 Å². The number of nitrogens with zero attached hydrogens (tertiary/aromatic N) is 3. The number of carbonyl (C=O) groups is 1. The maximum Gasteiger partial charge on any atom is 0.326 e. The molecule has 3 fully saturated rings. The van der Waals surface area contributed by atoms with Gasteiger partial charge in [-0.05, 0) is 37.8 Å². The van der Waals surface area contributed by atoms with Gasteiger partial charge < -0.3 is 15.2 Å². The first kappa shape index (κ1) is 17.0. The lowest BCUT2D eigenvalue weighted by Gasteiger charge is -2.38. The van der Waals surface area contributed by atoms with E-state index in [4.69, 9.17) is 0 Å². The Morgan fingerprint density at radius 2 is 1.85 bits per heavy atom. The summed E-state index contributed by atoms with van der Waals surface area (Å²) in [7, 11) is 0.